The summed E-state index contributed by atoms with van der Waals surface area (Å²) in [4.78, 5) is 28.0. The lowest BCUT2D eigenvalue weighted by molar-refractivity contribution is -0.143. The van der Waals surface area contributed by atoms with Gasteiger partial charge in [0.05, 0.1) is 0 Å². The van der Waals surface area contributed by atoms with E-state index in [1.807, 2.05) is 60.7 Å². The Morgan fingerprint density at radius 2 is 1.59 bits per heavy atom. The first kappa shape index (κ1) is 23.1. The van der Waals surface area contributed by atoms with Crippen LogP contribution in [0.3, 0.4) is 0 Å². The van der Waals surface area contributed by atoms with E-state index in [1.54, 1.807) is 30.3 Å². The molecule has 32 heavy (non-hydrogen) atoms. The number of amides is 2. The summed E-state index contributed by atoms with van der Waals surface area (Å²) in [5.41, 5.74) is 1.55. The fourth-order valence-electron chi connectivity index (χ4n) is 3.23. The zero-order valence-electron chi connectivity index (χ0n) is 17.6. The van der Waals surface area contributed by atoms with E-state index in [1.165, 1.54) is 4.90 Å². The van der Waals surface area contributed by atoms with Gasteiger partial charge in [0.1, 0.15) is 11.8 Å². The first-order valence-corrected chi connectivity index (χ1v) is 10.6. The molecule has 1 N–H and O–H groups in total. The molecule has 0 unspecified atom stereocenters. The van der Waals surface area contributed by atoms with E-state index in [4.69, 9.17) is 16.3 Å². The minimum atomic E-state index is -0.835. The van der Waals surface area contributed by atoms with E-state index < -0.39 is 6.04 Å². The molecule has 3 aromatic carbocycles. The lowest BCUT2D eigenvalue weighted by Crippen LogP contribution is -2.45. The van der Waals surface area contributed by atoms with Crippen LogP contribution in [0, 0.1) is 0 Å². The molecule has 1 atom stereocenters. The maximum atomic E-state index is 13.4. The molecule has 3 aromatic rings. The summed E-state index contributed by atoms with van der Waals surface area (Å²) >= 11 is 6.02. The highest BCUT2D eigenvalue weighted by molar-refractivity contribution is 6.30. The van der Waals surface area contributed by atoms with Crippen molar-refractivity contribution in [3.05, 3.63) is 114 Å². The van der Waals surface area contributed by atoms with Gasteiger partial charge < -0.3 is 15.0 Å². The lowest BCUT2D eigenvalue weighted by Gasteiger charge is -2.31. The SMILES string of the molecule is C=CCNC(=O)[C@H](c1ccccc1)N(Cc1ccc(Cl)cc1)C(=O)COc1ccccc1. The third kappa shape index (κ3) is 6.46. The van der Waals surface area contributed by atoms with Crippen LogP contribution in [0.2, 0.25) is 5.02 Å². The van der Waals surface area contributed by atoms with Crippen molar-refractivity contribution in [2.24, 2.45) is 0 Å². The van der Waals surface area contributed by atoms with Crippen LogP contribution in [0.1, 0.15) is 17.2 Å². The fourth-order valence-corrected chi connectivity index (χ4v) is 3.36. The summed E-state index contributed by atoms with van der Waals surface area (Å²) in [5.74, 6) is -0.0239. The molecule has 3 rings (SSSR count). The molecule has 0 aliphatic carbocycles. The molecule has 6 heteroatoms. The molecule has 0 radical (unpaired) electrons. The summed E-state index contributed by atoms with van der Waals surface area (Å²) < 4.78 is 5.69. The van der Waals surface area contributed by atoms with Crippen molar-refractivity contribution in [2.45, 2.75) is 12.6 Å². The summed E-state index contributed by atoms with van der Waals surface area (Å²) in [7, 11) is 0. The molecule has 0 spiro atoms. The molecular weight excluding hydrogens is 424 g/mol. The highest BCUT2D eigenvalue weighted by atomic mass is 35.5. The van der Waals surface area contributed by atoms with Crippen molar-refractivity contribution in [3.63, 3.8) is 0 Å². The smallest absolute Gasteiger partial charge is 0.261 e. The third-order valence-corrected chi connectivity index (χ3v) is 5.04. The Balaban J connectivity index is 1.92. The van der Waals surface area contributed by atoms with Crippen LogP contribution >= 0.6 is 11.6 Å². The van der Waals surface area contributed by atoms with Crippen molar-refractivity contribution >= 4 is 23.4 Å². The molecule has 0 aromatic heterocycles. The Morgan fingerprint density at radius 1 is 0.969 bits per heavy atom. The van der Waals surface area contributed by atoms with E-state index in [0.29, 0.717) is 22.9 Å². The van der Waals surface area contributed by atoms with Crippen LogP contribution < -0.4 is 10.1 Å². The number of carbonyl (C=O) groups is 2. The van der Waals surface area contributed by atoms with Gasteiger partial charge in [-0.25, -0.2) is 0 Å². The Kier molecular flexibility index (Phi) is 8.46. The van der Waals surface area contributed by atoms with Gasteiger partial charge in [0.15, 0.2) is 6.61 Å². The fraction of sp³-hybridized carbons (Fsp3) is 0.154. The summed E-state index contributed by atoms with van der Waals surface area (Å²) in [6.07, 6.45) is 1.60. The van der Waals surface area contributed by atoms with Gasteiger partial charge in [0.2, 0.25) is 5.91 Å². The van der Waals surface area contributed by atoms with E-state index in [0.717, 1.165) is 5.56 Å². The topological polar surface area (TPSA) is 58.6 Å². The third-order valence-electron chi connectivity index (χ3n) is 4.79. The van der Waals surface area contributed by atoms with Crippen LogP contribution in [0.4, 0.5) is 0 Å². The molecule has 0 heterocycles. The first-order chi connectivity index (χ1) is 15.6. The maximum Gasteiger partial charge on any atom is 0.261 e. The van der Waals surface area contributed by atoms with Gasteiger partial charge in [-0.2, -0.15) is 0 Å². The van der Waals surface area contributed by atoms with Gasteiger partial charge in [-0.1, -0.05) is 78.3 Å². The number of para-hydroxylation sites is 1. The molecule has 5 nitrogen and oxygen atoms in total. The maximum absolute atomic E-state index is 13.4. The average molecular weight is 449 g/mol. The monoisotopic (exact) mass is 448 g/mol. The minimum Gasteiger partial charge on any atom is -0.484 e. The molecule has 0 saturated carbocycles. The summed E-state index contributed by atoms with van der Waals surface area (Å²) in [6, 6.07) is 24.7. The lowest BCUT2D eigenvalue weighted by atomic mass is 10.0. The number of benzene rings is 3. The average Bonchev–Trinajstić information content (AvgIpc) is 2.83. The van der Waals surface area contributed by atoms with E-state index in [9.17, 15) is 9.59 Å². The number of halogens is 1. The van der Waals surface area contributed by atoms with Gasteiger partial charge in [-0.05, 0) is 35.4 Å². The van der Waals surface area contributed by atoms with Crippen molar-refractivity contribution in [2.75, 3.05) is 13.2 Å². The number of hydrogen-bond acceptors (Lipinski definition) is 3. The van der Waals surface area contributed by atoms with Gasteiger partial charge in [-0.3, -0.25) is 9.59 Å². The molecule has 2 amide bonds. The van der Waals surface area contributed by atoms with Crippen molar-refractivity contribution < 1.29 is 14.3 Å². The highest BCUT2D eigenvalue weighted by Crippen LogP contribution is 2.25. The Bertz CT molecular complexity index is 1020. The first-order valence-electron chi connectivity index (χ1n) is 10.2. The van der Waals surface area contributed by atoms with Gasteiger partial charge in [-0.15, -0.1) is 6.58 Å². The Hall–Kier alpha value is -3.57. The van der Waals surface area contributed by atoms with Gasteiger partial charge in [0.25, 0.3) is 5.91 Å². The second kappa shape index (κ2) is 11.7. The highest BCUT2D eigenvalue weighted by Gasteiger charge is 2.31. The van der Waals surface area contributed by atoms with E-state index in [2.05, 4.69) is 11.9 Å². The Labute approximate surface area is 193 Å². The second-order valence-electron chi connectivity index (χ2n) is 7.10. The van der Waals surface area contributed by atoms with Crippen LogP contribution in [0.5, 0.6) is 5.75 Å². The predicted octanol–water partition coefficient (Wildman–Crippen LogP) is 4.79. The zero-order chi connectivity index (χ0) is 22.8. The largest absolute Gasteiger partial charge is 0.484 e. The van der Waals surface area contributed by atoms with Gasteiger partial charge >= 0.3 is 0 Å². The molecule has 164 valence electrons. The normalized spacial score (nSPS) is 11.3. The molecule has 0 aliphatic rings. The van der Waals surface area contributed by atoms with Crippen molar-refractivity contribution in [1.82, 2.24) is 10.2 Å². The number of ether oxygens (including phenoxy) is 1. The molecular formula is C26H25ClN2O3. The number of nitrogens with one attached hydrogen (secondary N) is 1. The number of nitrogens with zero attached hydrogens (tertiary/aromatic N) is 1. The molecule has 0 aliphatic heterocycles. The number of rotatable bonds is 10. The van der Waals surface area contributed by atoms with Crippen LogP contribution in [0.25, 0.3) is 0 Å². The van der Waals surface area contributed by atoms with E-state index >= 15 is 0 Å². The van der Waals surface area contributed by atoms with Crippen LogP contribution in [-0.2, 0) is 16.1 Å². The summed E-state index contributed by atoms with van der Waals surface area (Å²) in [6.45, 7) is 3.97. The number of carbonyl (C=O) groups excluding carboxylic acids is 2. The van der Waals surface area contributed by atoms with Gasteiger partial charge in [0, 0.05) is 18.1 Å². The standard InChI is InChI=1S/C26H25ClN2O3/c1-2-17-28-26(31)25(21-9-5-3-6-10-21)29(18-20-13-15-22(27)16-14-20)24(30)19-32-23-11-7-4-8-12-23/h2-16,25H,1,17-19H2,(H,28,31)/t25-/m0/s1. The number of hydrogen-bond donors (Lipinski definition) is 1. The van der Waals surface area contributed by atoms with Crippen LogP contribution in [-0.4, -0.2) is 29.9 Å². The van der Waals surface area contributed by atoms with Crippen LogP contribution in [0.15, 0.2) is 97.6 Å². The van der Waals surface area contributed by atoms with E-state index in [-0.39, 0.29) is 25.0 Å². The Morgan fingerprint density at radius 3 is 2.22 bits per heavy atom. The van der Waals surface area contributed by atoms with Crippen molar-refractivity contribution in [3.8, 4) is 5.75 Å². The molecule has 0 fully saturated rings. The minimum absolute atomic E-state index is 0.199. The summed E-state index contributed by atoms with van der Waals surface area (Å²) in [5, 5.41) is 3.42. The van der Waals surface area contributed by atoms with Crippen molar-refractivity contribution in [1.29, 1.82) is 0 Å². The molecule has 0 bridgehead atoms. The predicted molar refractivity (Wildman–Crippen MR) is 126 cm³/mol. The zero-order valence-corrected chi connectivity index (χ0v) is 18.4. The second-order valence-corrected chi connectivity index (χ2v) is 7.53. The quantitative estimate of drug-likeness (QED) is 0.453. The molecule has 0 saturated heterocycles.